The van der Waals surface area contributed by atoms with Gasteiger partial charge in [0.25, 0.3) is 0 Å². The molecule has 0 aliphatic carbocycles. The molecule has 0 bridgehead atoms. The maximum Gasteiger partial charge on any atom is 0.228 e. The van der Waals surface area contributed by atoms with Crippen LogP contribution in [-0.2, 0) is 38.0 Å². The number of carbonyl (C=O) groups excluding carboxylic acids is 2. The van der Waals surface area contributed by atoms with E-state index in [0.29, 0.717) is 6.26 Å². The minimum Gasteiger partial charge on any atom is -0.505 e. The number of aliphatic hydroxyl groups is 10. The molecule has 3 fully saturated rings. The maximum absolute atomic E-state index is 12.1. The smallest absolute Gasteiger partial charge is 0.228 e. The minimum absolute atomic E-state index is 0.463. The molecular weight excluding hydrogens is 628 g/mol. The van der Waals surface area contributed by atoms with E-state index in [2.05, 4.69) is 10.6 Å². The number of rotatable bonds is 12. The summed E-state index contributed by atoms with van der Waals surface area (Å²) in [5, 5.41) is 107. The van der Waals surface area contributed by atoms with E-state index < -0.39 is 135 Å². The summed E-state index contributed by atoms with van der Waals surface area (Å²) >= 11 is 0. The highest BCUT2D eigenvalue weighted by atomic mass is 16.7. The van der Waals surface area contributed by atoms with E-state index in [1.807, 2.05) is 0 Å². The monoisotopic (exact) mass is 672 g/mol. The molecule has 0 aromatic heterocycles. The van der Waals surface area contributed by atoms with Crippen molar-refractivity contribution >= 4 is 11.8 Å². The number of aliphatic hydroxyl groups excluding tert-OH is 10. The zero-order valence-electron chi connectivity index (χ0n) is 25.2. The molecule has 266 valence electrons. The molecule has 3 rings (SSSR count). The van der Waals surface area contributed by atoms with Crippen molar-refractivity contribution in [1.82, 2.24) is 10.6 Å². The van der Waals surface area contributed by atoms with Crippen molar-refractivity contribution < 1.29 is 89.1 Å². The fraction of sp³-hybridized carbons (Fsp3) is 0.846. The molecule has 0 aromatic rings. The van der Waals surface area contributed by atoms with Crippen LogP contribution in [0.25, 0.3) is 0 Å². The number of nitrogens with one attached hydrogen (secondary N) is 2. The van der Waals surface area contributed by atoms with Crippen molar-refractivity contribution in [2.45, 2.75) is 119 Å². The van der Waals surface area contributed by atoms with Crippen LogP contribution in [0.2, 0.25) is 0 Å². The quantitative estimate of drug-likeness (QED) is 0.0677. The standard InChI is InChI=1S/C26H44N2O18/c1-8-15(27-9(2)32)18(36)23(13(5-30)42-8)46-25-16(28-10(3)33)19(37)22(14(6-31)44-25)45-24(40)11(34)7-41-26-21(39)20(38)17(35)12(4-29)43-26/h7-8,12-26,29-31,34-40H,4-6H2,1-3H3,(H,27,32)(H,28,33)/b11-7-/t8?,12-,13?,14?,15?,16?,17?,18?,19?,20?,21?,22?,23?,24+,25?,26+/m1/s1. The lowest BCUT2D eigenvalue weighted by molar-refractivity contribution is -0.327. The third-order valence-electron chi connectivity index (χ3n) is 7.74. The number of carbonyl (C=O) groups is 2. The number of ether oxygens (including phenoxy) is 6. The molecule has 0 radical (unpaired) electrons. The van der Waals surface area contributed by atoms with Crippen molar-refractivity contribution in [2.24, 2.45) is 0 Å². The van der Waals surface area contributed by atoms with Crippen LogP contribution in [-0.4, -0.2) is 181 Å². The first-order valence-electron chi connectivity index (χ1n) is 14.4. The van der Waals surface area contributed by atoms with Gasteiger partial charge in [-0.3, -0.25) is 9.59 Å². The molecule has 20 heteroatoms. The average molecular weight is 673 g/mol. The highest BCUT2D eigenvalue weighted by molar-refractivity contribution is 5.73. The molecule has 16 atom stereocenters. The molecule has 3 aliphatic heterocycles. The molecule has 20 nitrogen and oxygen atoms in total. The lowest BCUT2D eigenvalue weighted by atomic mass is 9.92. The average Bonchev–Trinajstić information content (AvgIpc) is 3.01. The van der Waals surface area contributed by atoms with Gasteiger partial charge in [-0.05, 0) is 6.92 Å². The van der Waals surface area contributed by atoms with Gasteiger partial charge in [-0.25, -0.2) is 0 Å². The molecule has 2 amide bonds. The third-order valence-corrected chi connectivity index (χ3v) is 7.74. The van der Waals surface area contributed by atoms with Crippen LogP contribution >= 0.6 is 0 Å². The van der Waals surface area contributed by atoms with Crippen LogP contribution in [0.15, 0.2) is 12.0 Å². The lowest BCUT2D eigenvalue weighted by Gasteiger charge is -2.48. The third kappa shape index (κ3) is 8.79. The van der Waals surface area contributed by atoms with Gasteiger partial charge in [0.05, 0.1) is 32.0 Å². The van der Waals surface area contributed by atoms with Crippen LogP contribution in [0, 0.1) is 0 Å². The van der Waals surface area contributed by atoms with E-state index in [1.165, 1.54) is 6.92 Å². The van der Waals surface area contributed by atoms with E-state index in [9.17, 15) is 60.7 Å². The SMILES string of the molecule is CC(=O)NC1C(C)OC(CO)C(OC2OC(CO)C(O[C@H](O)/C(O)=C/O[C@H]3O[C@H](CO)C(O)C(O)C3O)C(O)C2NC(C)=O)C1O. The Balaban J connectivity index is 1.76. The van der Waals surface area contributed by atoms with Gasteiger partial charge >= 0.3 is 0 Å². The highest BCUT2D eigenvalue weighted by Crippen LogP contribution is 2.31. The van der Waals surface area contributed by atoms with Crippen LogP contribution < -0.4 is 10.6 Å². The Morgan fingerprint density at radius 3 is 1.83 bits per heavy atom. The predicted molar refractivity (Wildman–Crippen MR) is 146 cm³/mol. The first kappa shape index (κ1) is 38.2. The molecular formula is C26H44N2O18. The molecule has 3 saturated heterocycles. The Hall–Kier alpha value is -2.28. The molecule has 13 unspecified atom stereocenters. The Morgan fingerprint density at radius 2 is 1.26 bits per heavy atom. The van der Waals surface area contributed by atoms with E-state index in [0.717, 1.165) is 6.92 Å². The summed E-state index contributed by atoms with van der Waals surface area (Å²) in [6.07, 6.45) is -21.6. The van der Waals surface area contributed by atoms with E-state index >= 15 is 0 Å². The summed E-state index contributed by atoms with van der Waals surface area (Å²) in [6, 6.07) is -2.49. The summed E-state index contributed by atoms with van der Waals surface area (Å²) in [5.74, 6) is -2.25. The first-order valence-corrected chi connectivity index (χ1v) is 14.4. The summed E-state index contributed by atoms with van der Waals surface area (Å²) in [7, 11) is 0. The number of hydrogen-bond donors (Lipinski definition) is 12. The van der Waals surface area contributed by atoms with Gasteiger partial charge in [-0.1, -0.05) is 0 Å². The molecule has 0 aromatic carbocycles. The Kier molecular flexibility index (Phi) is 13.9. The van der Waals surface area contributed by atoms with Crippen LogP contribution in [0.5, 0.6) is 0 Å². The van der Waals surface area contributed by atoms with Crippen molar-refractivity contribution in [3.63, 3.8) is 0 Å². The van der Waals surface area contributed by atoms with Gasteiger partial charge in [-0.2, -0.15) is 0 Å². The molecule has 46 heavy (non-hydrogen) atoms. The summed E-state index contributed by atoms with van der Waals surface area (Å²) in [4.78, 5) is 23.8. The van der Waals surface area contributed by atoms with E-state index in [1.54, 1.807) is 6.92 Å². The van der Waals surface area contributed by atoms with Crippen LogP contribution in [0.1, 0.15) is 20.8 Å². The molecule has 12 N–H and O–H groups in total. The van der Waals surface area contributed by atoms with Crippen molar-refractivity contribution in [2.75, 3.05) is 19.8 Å². The molecule has 0 spiro atoms. The maximum atomic E-state index is 12.1. The van der Waals surface area contributed by atoms with Crippen molar-refractivity contribution in [3.8, 4) is 0 Å². The second kappa shape index (κ2) is 16.7. The number of amides is 2. The summed E-state index contributed by atoms with van der Waals surface area (Å²) in [5.41, 5.74) is 0. The molecule has 3 aliphatic rings. The van der Waals surface area contributed by atoms with Gasteiger partial charge in [-0.15, -0.1) is 0 Å². The fourth-order valence-corrected chi connectivity index (χ4v) is 5.38. The van der Waals surface area contributed by atoms with Gasteiger partial charge in [0.1, 0.15) is 73.3 Å². The zero-order chi connectivity index (χ0) is 34.5. The van der Waals surface area contributed by atoms with E-state index in [4.69, 9.17) is 28.4 Å². The number of hydrogen-bond acceptors (Lipinski definition) is 18. The Morgan fingerprint density at radius 1 is 0.739 bits per heavy atom. The van der Waals surface area contributed by atoms with Gasteiger partial charge in [0, 0.05) is 13.8 Å². The fourth-order valence-electron chi connectivity index (χ4n) is 5.38. The molecule has 0 saturated carbocycles. The van der Waals surface area contributed by atoms with Gasteiger partial charge in [0.15, 0.2) is 12.0 Å². The Bertz CT molecular complexity index is 1030. The summed E-state index contributed by atoms with van der Waals surface area (Å²) in [6.45, 7) is 1.61. The second-order valence-corrected chi connectivity index (χ2v) is 11.2. The lowest BCUT2D eigenvalue weighted by Crippen LogP contribution is -2.69. The minimum atomic E-state index is -2.29. The van der Waals surface area contributed by atoms with Crippen LogP contribution in [0.3, 0.4) is 0 Å². The normalized spacial score (nSPS) is 42.6. The van der Waals surface area contributed by atoms with Gasteiger partial charge < -0.3 is 90.1 Å². The predicted octanol–water partition coefficient (Wildman–Crippen LogP) is -6.48. The van der Waals surface area contributed by atoms with Crippen molar-refractivity contribution in [3.05, 3.63) is 12.0 Å². The summed E-state index contributed by atoms with van der Waals surface area (Å²) < 4.78 is 32.8. The second-order valence-electron chi connectivity index (χ2n) is 11.2. The van der Waals surface area contributed by atoms with E-state index in [-0.39, 0.29) is 0 Å². The largest absolute Gasteiger partial charge is 0.505 e. The van der Waals surface area contributed by atoms with Gasteiger partial charge in [0.2, 0.25) is 24.4 Å². The topological polar surface area (TPSA) is 316 Å². The highest BCUT2D eigenvalue weighted by Gasteiger charge is 2.52. The first-order chi connectivity index (χ1) is 21.6. The molecule has 3 heterocycles. The Labute approximate surface area is 262 Å². The van der Waals surface area contributed by atoms with Crippen LogP contribution in [0.4, 0.5) is 0 Å². The zero-order valence-corrected chi connectivity index (χ0v) is 25.2. The van der Waals surface area contributed by atoms with Crippen molar-refractivity contribution in [1.29, 1.82) is 0 Å².